The minimum atomic E-state index is -0.497. The number of carbonyl (C=O) groups excluding carboxylic acids is 3. The van der Waals surface area contributed by atoms with Crippen LogP contribution in [0.2, 0.25) is 0 Å². The summed E-state index contributed by atoms with van der Waals surface area (Å²) in [5.74, 6) is 1.02. The van der Waals surface area contributed by atoms with Gasteiger partial charge >= 0.3 is 0 Å². The number of anilines is 1. The van der Waals surface area contributed by atoms with Crippen molar-refractivity contribution in [1.82, 2.24) is 4.90 Å². The average Bonchev–Trinajstić information content (AvgIpc) is 3.06. The molecular weight excluding hydrogens is 464 g/mol. The van der Waals surface area contributed by atoms with E-state index >= 15 is 0 Å². The van der Waals surface area contributed by atoms with Crippen molar-refractivity contribution in [3.63, 3.8) is 0 Å². The first-order valence-corrected chi connectivity index (χ1v) is 12.5. The average molecular weight is 497 g/mol. The summed E-state index contributed by atoms with van der Waals surface area (Å²) in [5.41, 5.74) is 2.47. The van der Waals surface area contributed by atoms with Crippen molar-refractivity contribution in [3.8, 4) is 11.5 Å². The summed E-state index contributed by atoms with van der Waals surface area (Å²) < 4.78 is 11.5. The van der Waals surface area contributed by atoms with Crippen LogP contribution in [-0.4, -0.2) is 41.7 Å². The van der Waals surface area contributed by atoms with Gasteiger partial charge in [-0.1, -0.05) is 45.9 Å². The summed E-state index contributed by atoms with van der Waals surface area (Å²) >= 11 is 0.814. The quantitative estimate of drug-likeness (QED) is 0.411. The summed E-state index contributed by atoms with van der Waals surface area (Å²) in [7, 11) is 0. The third-order valence-electron chi connectivity index (χ3n) is 5.17. The van der Waals surface area contributed by atoms with E-state index in [0.29, 0.717) is 47.8 Å². The molecule has 1 saturated heterocycles. The number of carbonyl (C=O) groups is 3. The van der Waals surface area contributed by atoms with Crippen LogP contribution in [0.15, 0.2) is 47.4 Å². The number of hydrogen-bond donors (Lipinski definition) is 1. The lowest BCUT2D eigenvalue weighted by Crippen LogP contribution is -2.36. The standard InChI is InChI=1S/C27H32N2O5S/c1-6-33-23-13-19(7-12-22(23)34-16-17(2)3)14-24-26(31)29(27(32)35-24)15-25(30)28-21-10-8-20(9-11-21)18(4)5/h7-14,17-18H,6,15-16H2,1-5H3,(H,28,30)/b24-14-. The highest BCUT2D eigenvalue weighted by molar-refractivity contribution is 8.18. The molecule has 0 aliphatic carbocycles. The molecule has 7 nitrogen and oxygen atoms in total. The van der Waals surface area contributed by atoms with E-state index in [2.05, 4.69) is 33.0 Å². The maximum atomic E-state index is 12.9. The van der Waals surface area contributed by atoms with Crippen molar-refractivity contribution in [2.75, 3.05) is 25.1 Å². The van der Waals surface area contributed by atoms with E-state index in [0.717, 1.165) is 22.2 Å². The molecule has 2 aromatic rings. The first-order valence-electron chi connectivity index (χ1n) is 11.7. The smallest absolute Gasteiger partial charge is 0.294 e. The van der Waals surface area contributed by atoms with E-state index in [1.807, 2.05) is 31.2 Å². The fourth-order valence-electron chi connectivity index (χ4n) is 3.34. The Labute approximate surface area is 210 Å². The topological polar surface area (TPSA) is 84.9 Å². The van der Waals surface area contributed by atoms with Gasteiger partial charge in [0.05, 0.1) is 18.1 Å². The fourth-order valence-corrected chi connectivity index (χ4v) is 4.18. The highest BCUT2D eigenvalue weighted by Crippen LogP contribution is 2.35. The third-order valence-corrected chi connectivity index (χ3v) is 6.08. The van der Waals surface area contributed by atoms with Crippen molar-refractivity contribution in [2.24, 2.45) is 5.92 Å². The van der Waals surface area contributed by atoms with Gasteiger partial charge in [-0.05, 0) is 72.0 Å². The van der Waals surface area contributed by atoms with Crippen molar-refractivity contribution < 1.29 is 23.9 Å². The van der Waals surface area contributed by atoms with Crippen molar-refractivity contribution >= 4 is 40.6 Å². The second-order valence-corrected chi connectivity index (χ2v) is 9.93. The van der Waals surface area contributed by atoms with Crippen LogP contribution in [0.25, 0.3) is 6.08 Å². The van der Waals surface area contributed by atoms with Gasteiger partial charge in [-0.3, -0.25) is 19.3 Å². The van der Waals surface area contributed by atoms with E-state index in [1.54, 1.807) is 24.3 Å². The molecule has 0 unspecified atom stereocenters. The molecule has 186 valence electrons. The number of imide groups is 1. The molecule has 1 fully saturated rings. The second kappa shape index (κ2) is 11.9. The zero-order valence-corrected chi connectivity index (χ0v) is 21.6. The molecule has 3 rings (SSSR count). The molecule has 1 N–H and O–H groups in total. The van der Waals surface area contributed by atoms with Gasteiger partial charge in [-0.25, -0.2) is 0 Å². The van der Waals surface area contributed by atoms with Crippen molar-refractivity contribution in [2.45, 2.75) is 40.5 Å². The maximum Gasteiger partial charge on any atom is 0.294 e. The molecule has 8 heteroatoms. The summed E-state index contributed by atoms with van der Waals surface area (Å²) in [6.45, 7) is 10.9. The molecule has 1 heterocycles. The molecule has 2 aromatic carbocycles. The summed E-state index contributed by atoms with van der Waals surface area (Å²) in [5, 5.41) is 2.27. The molecule has 0 spiro atoms. The fraction of sp³-hybridized carbons (Fsp3) is 0.370. The monoisotopic (exact) mass is 496 g/mol. The number of amides is 3. The SMILES string of the molecule is CCOc1cc(/C=C2\SC(=O)N(CC(=O)Nc3ccc(C(C)C)cc3)C2=O)ccc1OCC(C)C. The lowest BCUT2D eigenvalue weighted by atomic mass is 10.0. The van der Waals surface area contributed by atoms with Crippen LogP contribution in [0.5, 0.6) is 11.5 Å². The van der Waals surface area contributed by atoms with Crippen LogP contribution in [0, 0.1) is 5.92 Å². The molecule has 1 aliphatic heterocycles. The minimum absolute atomic E-state index is 0.252. The molecule has 0 aromatic heterocycles. The molecule has 3 amide bonds. The predicted molar refractivity (Wildman–Crippen MR) is 140 cm³/mol. The van der Waals surface area contributed by atoms with E-state index < -0.39 is 17.1 Å². The maximum absolute atomic E-state index is 12.9. The Hall–Kier alpha value is -3.26. The molecule has 0 radical (unpaired) electrons. The molecule has 1 aliphatic rings. The van der Waals surface area contributed by atoms with E-state index in [4.69, 9.17) is 9.47 Å². The van der Waals surface area contributed by atoms with Crippen LogP contribution in [0.4, 0.5) is 10.5 Å². The number of benzene rings is 2. The van der Waals surface area contributed by atoms with Gasteiger partial charge in [0.25, 0.3) is 11.1 Å². The van der Waals surface area contributed by atoms with Crippen LogP contribution < -0.4 is 14.8 Å². The minimum Gasteiger partial charge on any atom is -0.490 e. The van der Waals surface area contributed by atoms with Gasteiger partial charge in [-0.2, -0.15) is 0 Å². The Morgan fingerprint density at radius 2 is 1.74 bits per heavy atom. The first-order chi connectivity index (χ1) is 16.7. The molecule has 0 atom stereocenters. The zero-order valence-electron chi connectivity index (χ0n) is 20.8. The van der Waals surface area contributed by atoms with Crippen LogP contribution in [0.1, 0.15) is 51.7 Å². The summed E-state index contributed by atoms with van der Waals surface area (Å²) in [6, 6.07) is 12.9. The number of thioether (sulfide) groups is 1. The predicted octanol–water partition coefficient (Wildman–Crippen LogP) is 5.92. The highest BCUT2D eigenvalue weighted by atomic mass is 32.2. The number of nitrogens with one attached hydrogen (secondary N) is 1. The van der Waals surface area contributed by atoms with Crippen molar-refractivity contribution in [3.05, 3.63) is 58.5 Å². The van der Waals surface area contributed by atoms with E-state index in [9.17, 15) is 14.4 Å². The first kappa shape index (κ1) is 26.3. The van der Waals surface area contributed by atoms with Gasteiger partial charge < -0.3 is 14.8 Å². The Balaban J connectivity index is 1.68. The second-order valence-electron chi connectivity index (χ2n) is 8.94. The lowest BCUT2D eigenvalue weighted by Gasteiger charge is -2.14. The highest BCUT2D eigenvalue weighted by Gasteiger charge is 2.36. The number of rotatable bonds is 10. The molecule has 35 heavy (non-hydrogen) atoms. The van der Waals surface area contributed by atoms with Gasteiger partial charge in [0.2, 0.25) is 5.91 Å². The van der Waals surface area contributed by atoms with Crippen LogP contribution in [-0.2, 0) is 9.59 Å². The largest absolute Gasteiger partial charge is 0.490 e. The Kier molecular flexibility index (Phi) is 8.98. The van der Waals surface area contributed by atoms with Gasteiger partial charge in [0.15, 0.2) is 11.5 Å². The van der Waals surface area contributed by atoms with Crippen LogP contribution in [0.3, 0.4) is 0 Å². The molecular formula is C27H32N2O5S. The summed E-state index contributed by atoms with van der Waals surface area (Å²) in [6.07, 6.45) is 1.63. The Morgan fingerprint density at radius 3 is 2.37 bits per heavy atom. The van der Waals surface area contributed by atoms with Crippen molar-refractivity contribution in [1.29, 1.82) is 0 Å². The normalized spacial score (nSPS) is 14.8. The number of hydrogen-bond acceptors (Lipinski definition) is 6. The number of ether oxygens (including phenoxy) is 2. The van der Waals surface area contributed by atoms with Gasteiger partial charge in [-0.15, -0.1) is 0 Å². The van der Waals surface area contributed by atoms with E-state index in [1.165, 1.54) is 0 Å². The van der Waals surface area contributed by atoms with Gasteiger partial charge in [0.1, 0.15) is 6.54 Å². The van der Waals surface area contributed by atoms with Crippen LogP contribution >= 0.6 is 11.8 Å². The Morgan fingerprint density at radius 1 is 1.03 bits per heavy atom. The van der Waals surface area contributed by atoms with E-state index in [-0.39, 0.29) is 11.4 Å². The Bertz CT molecular complexity index is 1110. The molecule has 0 bridgehead atoms. The third kappa shape index (κ3) is 7.11. The zero-order chi connectivity index (χ0) is 25.5. The van der Waals surface area contributed by atoms with Gasteiger partial charge in [0, 0.05) is 5.69 Å². The summed E-state index contributed by atoms with van der Waals surface area (Å²) in [4.78, 5) is 39.0. The lowest BCUT2D eigenvalue weighted by molar-refractivity contribution is -0.127. The molecule has 0 saturated carbocycles. The number of nitrogens with zero attached hydrogens (tertiary/aromatic N) is 1.